The van der Waals surface area contributed by atoms with Gasteiger partial charge in [0.1, 0.15) is 5.58 Å². The molecule has 2 aliphatic carbocycles. The second kappa shape index (κ2) is 20.9. The van der Waals surface area contributed by atoms with Crippen LogP contribution in [0.3, 0.4) is 0 Å². The quantitative estimate of drug-likeness (QED) is 0.141. The smallest absolute Gasteiger partial charge is 0.160 e. The van der Waals surface area contributed by atoms with Crippen molar-refractivity contribution in [2.75, 3.05) is 9.80 Å². The minimum absolute atomic E-state index is 0.0447. The molecule has 0 saturated heterocycles. The second-order valence-corrected chi connectivity index (χ2v) is 28.0. The van der Waals surface area contributed by atoms with Crippen LogP contribution in [-0.4, -0.2) is 0 Å². The van der Waals surface area contributed by atoms with E-state index in [1.54, 1.807) is 0 Å². The van der Waals surface area contributed by atoms with E-state index in [1.807, 2.05) is 0 Å². The number of rotatable bonds is 8. The van der Waals surface area contributed by atoms with E-state index >= 15 is 0 Å². The topological polar surface area (TPSA) is 19.6 Å². The van der Waals surface area contributed by atoms with Gasteiger partial charge in [0.05, 0.1) is 16.8 Å². The average molecular weight is 1210 g/mol. The first-order valence-electron chi connectivity index (χ1n) is 33.0. The number of para-hydroxylation sites is 1. The summed E-state index contributed by atoms with van der Waals surface area (Å²) in [6, 6.07) is 114. The Morgan fingerprint density at radius 1 is 0.287 bits per heavy atom. The van der Waals surface area contributed by atoms with E-state index in [0.717, 1.165) is 61.6 Å². The molecule has 3 nitrogen and oxygen atoms in total. The molecule has 2 aliphatic rings. The Hall–Kier alpha value is -11.3. The maximum atomic E-state index is 7.56. The lowest BCUT2D eigenvalue weighted by Gasteiger charge is -2.34. The van der Waals surface area contributed by atoms with E-state index in [0.29, 0.717) is 0 Å². The summed E-state index contributed by atoms with van der Waals surface area (Å²) in [5.74, 6) is 0. The van der Waals surface area contributed by atoms with Crippen molar-refractivity contribution in [2.24, 2.45) is 0 Å². The summed E-state index contributed by atoms with van der Waals surface area (Å²) >= 11 is 0. The van der Waals surface area contributed by atoms with Crippen molar-refractivity contribution in [3.8, 4) is 44.5 Å². The predicted octanol–water partition coefficient (Wildman–Crippen LogP) is 25.4. The Morgan fingerprint density at radius 3 is 1.22 bits per heavy atom. The Bertz CT molecular complexity index is 5690. The third kappa shape index (κ3) is 8.50. The summed E-state index contributed by atoms with van der Waals surface area (Å²) in [5.41, 5.74) is 24.3. The van der Waals surface area contributed by atoms with Gasteiger partial charge >= 0.3 is 0 Å². The zero-order valence-electron chi connectivity index (χ0n) is 53.7. The van der Waals surface area contributed by atoms with Gasteiger partial charge in [-0.2, -0.15) is 0 Å². The molecule has 1 heterocycles. The van der Waals surface area contributed by atoms with Crippen LogP contribution < -0.4 is 9.80 Å². The van der Waals surface area contributed by atoms with Gasteiger partial charge < -0.3 is 14.2 Å². The van der Waals surface area contributed by atoms with Crippen molar-refractivity contribution in [1.29, 1.82) is 0 Å². The summed E-state index contributed by atoms with van der Waals surface area (Å²) < 4.78 is 7.56. The molecule has 0 radical (unpaired) electrons. The van der Waals surface area contributed by atoms with Crippen LogP contribution in [0.4, 0.5) is 34.1 Å². The van der Waals surface area contributed by atoms with Crippen molar-refractivity contribution in [2.45, 2.75) is 57.8 Å². The number of nitrogens with zero attached hydrogens (tertiary/aromatic N) is 2. The minimum Gasteiger partial charge on any atom is -0.454 e. The third-order valence-corrected chi connectivity index (χ3v) is 20.5. The molecule has 94 heavy (non-hydrogen) atoms. The van der Waals surface area contributed by atoms with Gasteiger partial charge in [0.2, 0.25) is 0 Å². The Kier molecular flexibility index (Phi) is 12.3. The van der Waals surface area contributed by atoms with Crippen molar-refractivity contribution in [1.82, 2.24) is 0 Å². The normalized spacial score (nSPS) is 13.1. The molecule has 0 N–H and O–H groups in total. The molecule has 18 rings (SSSR count). The highest BCUT2D eigenvalue weighted by molar-refractivity contribution is 6.27. The van der Waals surface area contributed by atoms with Crippen LogP contribution in [-0.2, 0) is 16.2 Å². The number of fused-ring (bicyclic) bond motifs is 20. The molecule has 1 aromatic heterocycles. The van der Waals surface area contributed by atoms with Crippen LogP contribution >= 0.6 is 0 Å². The molecule has 0 bridgehead atoms. The van der Waals surface area contributed by atoms with Gasteiger partial charge in [0.25, 0.3) is 0 Å². The molecule has 15 aromatic carbocycles. The van der Waals surface area contributed by atoms with E-state index in [-0.39, 0.29) is 10.8 Å². The summed E-state index contributed by atoms with van der Waals surface area (Å²) in [5, 5.41) is 11.9. The van der Waals surface area contributed by atoms with E-state index in [9.17, 15) is 0 Å². The van der Waals surface area contributed by atoms with Gasteiger partial charge in [0.15, 0.2) is 5.58 Å². The zero-order valence-corrected chi connectivity index (χ0v) is 53.7. The van der Waals surface area contributed by atoms with E-state index < -0.39 is 5.41 Å². The maximum Gasteiger partial charge on any atom is 0.160 e. The third-order valence-electron chi connectivity index (χ3n) is 20.5. The Morgan fingerprint density at radius 2 is 0.691 bits per heavy atom. The number of benzene rings is 15. The van der Waals surface area contributed by atoms with Gasteiger partial charge in [-0.1, -0.05) is 266 Å². The lowest BCUT2D eigenvalue weighted by atomic mass is 9.70. The monoisotopic (exact) mass is 1200 g/mol. The molecule has 3 heteroatoms. The van der Waals surface area contributed by atoms with Gasteiger partial charge in [-0.3, -0.25) is 0 Å². The predicted molar refractivity (Wildman–Crippen MR) is 398 cm³/mol. The minimum atomic E-state index is -0.808. The molecule has 0 amide bonds. The van der Waals surface area contributed by atoms with Crippen LogP contribution in [0.1, 0.15) is 74.9 Å². The molecule has 0 aliphatic heterocycles. The average Bonchev–Trinajstić information content (AvgIpc) is 1.49. The van der Waals surface area contributed by atoms with Crippen molar-refractivity contribution in [3.63, 3.8) is 0 Å². The zero-order chi connectivity index (χ0) is 63.2. The fraction of sp³-hybridized carbons (Fsp3) is 0.0989. The van der Waals surface area contributed by atoms with Crippen LogP contribution in [0.2, 0.25) is 0 Å². The fourth-order valence-electron chi connectivity index (χ4n) is 15.9. The lowest BCUT2D eigenvalue weighted by Crippen LogP contribution is -2.26. The SMILES string of the molecule is CC(C)(C)c1ccc(N(c2ccc(-c3ccc4ccccc4c3)cc2)c2cc3c(c4c2oc2ccccc24)-c2c(cc(N(c4ccc(-c5ccc6ccccc6c5)cc4)c4ccc(C(C)(C)C)cc4)c4c2ccc2ccccc24)C32c3ccccc3-c3ccccc32)cc1. The van der Waals surface area contributed by atoms with Gasteiger partial charge in [-0.05, 0) is 205 Å². The molecular weight excluding hydrogens is 1140 g/mol. The first-order valence-corrected chi connectivity index (χ1v) is 33.0. The molecule has 0 saturated carbocycles. The molecule has 0 unspecified atom stereocenters. The summed E-state index contributed by atoms with van der Waals surface area (Å²) in [6.07, 6.45) is 0. The van der Waals surface area contributed by atoms with E-state index in [1.165, 1.54) is 115 Å². The van der Waals surface area contributed by atoms with E-state index in [4.69, 9.17) is 4.42 Å². The highest BCUT2D eigenvalue weighted by Crippen LogP contribution is 2.68. The number of hydrogen-bond acceptors (Lipinski definition) is 3. The Balaban J connectivity index is 0.953. The van der Waals surface area contributed by atoms with Crippen LogP contribution in [0.5, 0.6) is 0 Å². The molecule has 16 aromatic rings. The van der Waals surface area contributed by atoms with Gasteiger partial charge in [-0.15, -0.1) is 0 Å². The summed E-state index contributed by atoms with van der Waals surface area (Å²) in [7, 11) is 0. The molecular formula is C91H68N2O. The Labute approximate surface area is 549 Å². The molecule has 1 spiro atoms. The number of anilines is 6. The molecule has 448 valence electrons. The second-order valence-electron chi connectivity index (χ2n) is 28.0. The van der Waals surface area contributed by atoms with Crippen LogP contribution in [0, 0.1) is 0 Å². The summed E-state index contributed by atoms with van der Waals surface area (Å²) in [6.45, 7) is 13.8. The van der Waals surface area contributed by atoms with Gasteiger partial charge in [0, 0.05) is 38.9 Å². The largest absolute Gasteiger partial charge is 0.454 e. The van der Waals surface area contributed by atoms with Crippen LogP contribution in [0.15, 0.2) is 308 Å². The number of hydrogen-bond donors (Lipinski definition) is 0. The highest BCUT2D eigenvalue weighted by Gasteiger charge is 2.54. The molecule has 0 atom stereocenters. The molecule has 0 fully saturated rings. The summed E-state index contributed by atoms with van der Waals surface area (Å²) in [4.78, 5) is 5.01. The number of furan rings is 1. The van der Waals surface area contributed by atoms with Crippen molar-refractivity contribution >= 4 is 99.2 Å². The standard InChI is InChI=1S/C91H68N2O/c1-89(2,3)66-40-48-70(49-41-66)92(68-44-35-59(36-45-68)64-33-31-57-19-7-9-22-62(57)53-64)81-55-79-85(76-52-39-61-21-11-12-24-72(61)84(76)81)87-80(91(79)77-28-16-13-25-73(77)74-26-14-17-29-78(74)91)56-82(88-86(87)75-27-15-18-30-83(75)94-88)93(71-50-42-67(43-51-71)90(4,5)6)69-46-37-60(38-47-69)65-34-32-58-20-8-10-23-63(58)54-65/h7-56H,1-6H3. The maximum absolute atomic E-state index is 7.56. The van der Waals surface area contributed by atoms with Crippen molar-refractivity contribution < 1.29 is 4.42 Å². The first kappa shape index (κ1) is 55.6. The van der Waals surface area contributed by atoms with Crippen molar-refractivity contribution in [3.05, 3.63) is 337 Å². The lowest BCUT2D eigenvalue weighted by molar-refractivity contribution is 0.590. The van der Waals surface area contributed by atoms with E-state index in [2.05, 4.69) is 355 Å². The highest BCUT2D eigenvalue weighted by atomic mass is 16.3. The van der Waals surface area contributed by atoms with Gasteiger partial charge in [-0.25, -0.2) is 0 Å². The fourth-order valence-corrected chi connectivity index (χ4v) is 15.9. The van der Waals surface area contributed by atoms with Crippen LogP contribution in [0.25, 0.3) is 110 Å². The first-order chi connectivity index (χ1) is 45.9.